The third-order valence-electron chi connectivity index (χ3n) is 5.23. The number of amides is 1. The summed E-state index contributed by atoms with van der Waals surface area (Å²) in [6.07, 6.45) is 0.848. The van der Waals surface area contributed by atoms with Crippen LogP contribution in [0.5, 0.6) is 11.5 Å². The number of benzene rings is 2. The van der Waals surface area contributed by atoms with Crippen molar-refractivity contribution >= 4 is 5.91 Å². The summed E-state index contributed by atoms with van der Waals surface area (Å²) in [6.45, 7) is 3.15. The number of aryl methyl sites for hydroxylation is 1. The monoisotopic (exact) mass is 393 g/mol. The Morgan fingerprint density at radius 2 is 1.86 bits per heavy atom. The van der Waals surface area contributed by atoms with Crippen LogP contribution in [0.25, 0.3) is 11.4 Å². The molecule has 1 amide bonds. The number of fused-ring (bicyclic) bond motifs is 1. The number of carbonyl (C=O) groups excluding carboxylic acids is 1. The van der Waals surface area contributed by atoms with Gasteiger partial charge in [-0.3, -0.25) is 4.79 Å². The SMILES string of the molecule is COc1cc2c(cc1OC)CN(C(=O)Cc1nc(-c3ccccc3C)no1)CC2. The quantitative estimate of drug-likeness (QED) is 0.663. The van der Waals surface area contributed by atoms with Gasteiger partial charge in [0.2, 0.25) is 17.6 Å². The average molecular weight is 393 g/mol. The molecule has 0 saturated heterocycles. The second kappa shape index (κ2) is 7.95. The molecule has 1 aromatic heterocycles. The van der Waals surface area contributed by atoms with Gasteiger partial charge in [0.05, 0.1) is 14.2 Å². The predicted octanol–water partition coefficient (Wildman–Crippen LogP) is 3.19. The molecule has 1 aliphatic heterocycles. The average Bonchev–Trinajstić information content (AvgIpc) is 3.20. The van der Waals surface area contributed by atoms with E-state index in [4.69, 9.17) is 14.0 Å². The van der Waals surface area contributed by atoms with Gasteiger partial charge in [-0.15, -0.1) is 0 Å². The smallest absolute Gasteiger partial charge is 0.236 e. The van der Waals surface area contributed by atoms with Crippen LogP contribution in [-0.4, -0.2) is 41.7 Å². The third-order valence-corrected chi connectivity index (χ3v) is 5.23. The minimum Gasteiger partial charge on any atom is -0.493 e. The summed E-state index contributed by atoms with van der Waals surface area (Å²) in [5, 5.41) is 4.04. The Kier molecular flexibility index (Phi) is 5.20. The van der Waals surface area contributed by atoms with Crippen molar-refractivity contribution in [3.8, 4) is 22.9 Å². The van der Waals surface area contributed by atoms with E-state index in [0.717, 1.165) is 23.1 Å². The largest absolute Gasteiger partial charge is 0.493 e. The number of hydrogen-bond donors (Lipinski definition) is 0. The molecule has 2 heterocycles. The highest BCUT2D eigenvalue weighted by molar-refractivity contribution is 5.78. The fourth-order valence-electron chi connectivity index (χ4n) is 3.60. The molecule has 0 aliphatic carbocycles. The molecule has 7 nitrogen and oxygen atoms in total. The summed E-state index contributed by atoms with van der Waals surface area (Å²) in [6, 6.07) is 11.7. The molecule has 29 heavy (non-hydrogen) atoms. The molecule has 2 aromatic carbocycles. The topological polar surface area (TPSA) is 77.7 Å². The van der Waals surface area contributed by atoms with E-state index in [9.17, 15) is 4.79 Å². The summed E-state index contributed by atoms with van der Waals surface area (Å²) in [5.74, 6) is 2.17. The van der Waals surface area contributed by atoms with Crippen LogP contribution in [-0.2, 0) is 24.2 Å². The van der Waals surface area contributed by atoms with Crippen LogP contribution in [0.2, 0.25) is 0 Å². The summed E-state index contributed by atoms with van der Waals surface area (Å²) in [4.78, 5) is 19.0. The minimum atomic E-state index is -0.0366. The van der Waals surface area contributed by atoms with Crippen LogP contribution in [0.3, 0.4) is 0 Å². The Balaban J connectivity index is 1.47. The highest BCUT2D eigenvalue weighted by atomic mass is 16.5. The van der Waals surface area contributed by atoms with E-state index in [1.165, 1.54) is 5.56 Å². The molecule has 0 spiro atoms. The maximum absolute atomic E-state index is 12.8. The second-order valence-corrected chi connectivity index (χ2v) is 7.04. The van der Waals surface area contributed by atoms with Gasteiger partial charge in [-0.2, -0.15) is 4.98 Å². The van der Waals surface area contributed by atoms with Crippen molar-refractivity contribution < 1.29 is 18.8 Å². The molecular weight excluding hydrogens is 370 g/mol. The zero-order chi connectivity index (χ0) is 20.4. The van der Waals surface area contributed by atoms with E-state index < -0.39 is 0 Å². The van der Waals surface area contributed by atoms with Gasteiger partial charge in [-0.25, -0.2) is 0 Å². The number of methoxy groups -OCH3 is 2. The highest BCUT2D eigenvalue weighted by Crippen LogP contribution is 2.33. The van der Waals surface area contributed by atoms with E-state index in [0.29, 0.717) is 36.3 Å². The van der Waals surface area contributed by atoms with Gasteiger partial charge in [0.25, 0.3) is 0 Å². The van der Waals surface area contributed by atoms with E-state index in [-0.39, 0.29) is 12.3 Å². The fourth-order valence-corrected chi connectivity index (χ4v) is 3.60. The van der Waals surface area contributed by atoms with Crippen LogP contribution >= 0.6 is 0 Å². The first-order valence-electron chi connectivity index (χ1n) is 9.49. The highest BCUT2D eigenvalue weighted by Gasteiger charge is 2.24. The molecule has 0 bridgehead atoms. The van der Waals surface area contributed by atoms with Crippen molar-refractivity contribution in [2.75, 3.05) is 20.8 Å². The van der Waals surface area contributed by atoms with E-state index in [2.05, 4.69) is 10.1 Å². The van der Waals surface area contributed by atoms with E-state index >= 15 is 0 Å². The maximum atomic E-state index is 12.8. The molecule has 7 heteroatoms. The van der Waals surface area contributed by atoms with Gasteiger partial charge >= 0.3 is 0 Å². The van der Waals surface area contributed by atoms with Crippen molar-refractivity contribution in [3.05, 3.63) is 59.0 Å². The Bertz CT molecular complexity index is 1040. The van der Waals surface area contributed by atoms with E-state index in [1.54, 1.807) is 14.2 Å². The number of carbonyl (C=O) groups is 1. The Morgan fingerprint density at radius 1 is 1.14 bits per heavy atom. The first-order valence-corrected chi connectivity index (χ1v) is 9.49. The third kappa shape index (κ3) is 3.81. The summed E-state index contributed by atoms with van der Waals surface area (Å²) < 4.78 is 16.1. The minimum absolute atomic E-state index is 0.0366. The van der Waals surface area contributed by atoms with Gasteiger partial charge in [-0.05, 0) is 42.2 Å². The van der Waals surface area contributed by atoms with Gasteiger partial charge in [0.15, 0.2) is 11.5 Å². The molecule has 4 rings (SSSR count). The lowest BCUT2D eigenvalue weighted by Crippen LogP contribution is -2.37. The first-order chi connectivity index (χ1) is 14.1. The molecule has 150 valence electrons. The molecule has 0 saturated carbocycles. The molecule has 0 N–H and O–H groups in total. The molecule has 0 fully saturated rings. The zero-order valence-electron chi connectivity index (χ0n) is 16.8. The Labute approximate surface area is 169 Å². The lowest BCUT2D eigenvalue weighted by Gasteiger charge is -2.29. The summed E-state index contributed by atoms with van der Waals surface area (Å²) in [7, 11) is 3.23. The number of ether oxygens (including phenoxy) is 2. The predicted molar refractivity (Wildman–Crippen MR) is 107 cm³/mol. The van der Waals surface area contributed by atoms with Crippen LogP contribution < -0.4 is 9.47 Å². The number of hydrogen-bond acceptors (Lipinski definition) is 6. The lowest BCUT2D eigenvalue weighted by molar-refractivity contribution is -0.131. The number of nitrogens with zero attached hydrogens (tertiary/aromatic N) is 3. The lowest BCUT2D eigenvalue weighted by atomic mass is 9.98. The van der Waals surface area contributed by atoms with E-state index in [1.807, 2.05) is 48.2 Å². The van der Waals surface area contributed by atoms with Crippen molar-refractivity contribution in [2.24, 2.45) is 0 Å². The van der Waals surface area contributed by atoms with Gasteiger partial charge < -0.3 is 18.9 Å². The normalized spacial score (nSPS) is 13.1. The van der Waals surface area contributed by atoms with Crippen LogP contribution in [0.1, 0.15) is 22.6 Å². The molecular formula is C22H23N3O4. The van der Waals surface area contributed by atoms with Crippen LogP contribution in [0.15, 0.2) is 40.9 Å². The van der Waals surface area contributed by atoms with Crippen molar-refractivity contribution in [1.82, 2.24) is 15.0 Å². The van der Waals surface area contributed by atoms with Crippen molar-refractivity contribution in [1.29, 1.82) is 0 Å². The fraction of sp³-hybridized carbons (Fsp3) is 0.318. The van der Waals surface area contributed by atoms with Crippen LogP contribution in [0.4, 0.5) is 0 Å². The maximum Gasteiger partial charge on any atom is 0.236 e. The molecule has 1 aliphatic rings. The Hall–Kier alpha value is -3.35. The number of aromatic nitrogens is 2. The van der Waals surface area contributed by atoms with Gasteiger partial charge in [0.1, 0.15) is 6.42 Å². The number of rotatable bonds is 5. The Morgan fingerprint density at radius 3 is 2.59 bits per heavy atom. The van der Waals surface area contributed by atoms with Gasteiger partial charge in [0, 0.05) is 18.7 Å². The second-order valence-electron chi connectivity index (χ2n) is 7.04. The van der Waals surface area contributed by atoms with Crippen LogP contribution in [0, 0.1) is 6.92 Å². The molecule has 0 radical (unpaired) electrons. The van der Waals surface area contributed by atoms with Gasteiger partial charge in [-0.1, -0.05) is 29.4 Å². The molecule has 0 unspecified atom stereocenters. The van der Waals surface area contributed by atoms with Crippen molar-refractivity contribution in [2.45, 2.75) is 26.3 Å². The first kappa shape index (κ1) is 19.0. The standard InChI is InChI=1S/C22H23N3O4/c1-14-6-4-5-7-17(14)22-23-20(29-24-22)12-21(26)25-9-8-15-10-18(27-2)19(28-3)11-16(15)13-25/h4-7,10-11H,8-9,12-13H2,1-3H3. The molecule has 0 atom stereocenters. The molecule has 3 aromatic rings. The summed E-state index contributed by atoms with van der Waals surface area (Å²) in [5.41, 5.74) is 4.20. The zero-order valence-corrected chi connectivity index (χ0v) is 16.8. The van der Waals surface area contributed by atoms with Crippen molar-refractivity contribution in [3.63, 3.8) is 0 Å². The summed E-state index contributed by atoms with van der Waals surface area (Å²) >= 11 is 0.